The summed E-state index contributed by atoms with van der Waals surface area (Å²) in [5.41, 5.74) is 0. The minimum Gasteiger partial charge on any atom is -0.396 e. The molecule has 0 aromatic carbocycles. The Morgan fingerprint density at radius 1 is 0.667 bits per heavy atom. The largest absolute Gasteiger partial charge is 0.396 e. The van der Waals surface area contributed by atoms with Crippen molar-refractivity contribution >= 4 is 20.8 Å². The van der Waals surface area contributed by atoms with Crippen LogP contribution < -0.4 is 0 Å². The molecule has 6 N–H and O–H groups in total. The van der Waals surface area contributed by atoms with Crippen molar-refractivity contribution in [1.29, 1.82) is 0 Å². The van der Waals surface area contributed by atoms with Gasteiger partial charge < -0.3 is 10.2 Å². The Bertz CT molecular complexity index is 252. The van der Waals surface area contributed by atoms with Gasteiger partial charge in [0.25, 0.3) is 0 Å². The van der Waals surface area contributed by atoms with Gasteiger partial charge in [-0.05, 0) is 6.42 Å². The van der Waals surface area contributed by atoms with E-state index in [4.69, 9.17) is 45.3 Å². The summed E-state index contributed by atoms with van der Waals surface area (Å²) >= 11 is 0. The Morgan fingerprint density at radius 3 is 0.800 bits per heavy atom. The second-order valence-electron chi connectivity index (χ2n) is 1.70. The van der Waals surface area contributed by atoms with Crippen molar-refractivity contribution < 1.29 is 45.3 Å². The molecule has 0 spiro atoms. The van der Waals surface area contributed by atoms with Gasteiger partial charge in [0.1, 0.15) is 0 Å². The van der Waals surface area contributed by atoms with E-state index in [1.165, 1.54) is 0 Å². The van der Waals surface area contributed by atoms with Gasteiger partial charge in [-0.1, -0.05) is 0 Å². The molecule has 0 aromatic rings. The van der Waals surface area contributed by atoms with Crippen LogP contribution in [-0.2, 0) is 20.8 Å². The predicted molar refractivity (Wildman–Crippen MR) is 47.1 cm³/mol. The number of hydrogen-bond donors (Lipinski definition) is 6. The highest BCUT2D eigenvalue weighted by Crippen LogP contribution is 1.65. The molecule has 0 aromatic heterocycles. The summed E-state index contributed by atoms with van der Waals surface area (Å²) in [4.78, 5) is 0. The molecule has 0 aliphatic heterocycles. The first-order valence-electron chi connectivity index (χ1n) is 3.03. The van der Waals surface area contributed by atoms with Crippen molar-refractivity contribution in [1.82, 2.24) is 0 Å². The zero-order valence-corrected chi connectivity index (χ0v) is 8.89. The third-order valence-electron chi connectivity index (χ3n) is 0.316. The second kappa shape index (κ2) is 10.2. The van der Waals surface area contributed by atoms with E-state index < -0.39 is 20.8 Å². The van der Waals surface area contributed by atoms with Gasteiger partial charge in [-0.25, -0.2) is 0 Å². The molecule has 0 saturated carbocycles. The lowest BCUT2D eigenvalue weighted by atomic mass is 10.5. The molecule has 0 radical (unpaired) electrons. The van der Waals surface area contributed by atoms with Gasteiger partial charge >= 0.3 is 20.8 Å². The highest BCUT2D eigenvalue weighted by Gasteiger charge is 1.85. The van der Waals surface area contributed by atoms with Gasteiger partial charge in [0, 0.05) is 13.2 Å². The van der Waals surface area contributed by atoms with Gasteiger partial charge in [-0.2, -0.15) is 16.8 Å². The van der Waals surface area contributed by atoms with E-state index >= 15 is 0 Å². The Labute approximate surface area is 86.3 Å². The zero-order valence-electron chi connectivity index (χ0n) is 7.25. The van der Waals surface area contributed by atoms with Gasteiger partial charge in [0.15, 0.2) is 0 Å². The fourth-order valence-electron chi connectivity index (χ4n) is 0.0707. The van der Waals surface area contributed by atoms with E-state index in [-0.39, 0.29) is 13.2 Å². The maximum absolute atomic E-state index is 8.74. The van der Waals surface area contributed by atoms with Crippen LogP contribution in [0.1, 0.15) is 6.42 Å². The Hall–Kier alpha value is -0.340. The molecular weight excluding hydrogens is 260 g/mol. The van der Waals surface area contributed by atoms with Crippen molar-refractivity contribution in [2.75, 3.05) is 13.2 Å². The van der Waals surface area contributed by atoms with E-state index in [0.29, 0.717) is 6.42 Å². The summed E-state index contributed by atoms with van der Waals surface area (Å²) in [5.74, 6) is 0. The number of aliphatic hydroxyl groups is 2. The summed E-state index contributed by atoms with van der Waals surface area (Å²) in [7, 11) is -9.33. The molecule has 0 aliphatic rings. The van der Waals surface area contributed by atoms with Crippen LogP contribution in [0.3, 0.4) is 0 Å². The molecule has 0 amide bonds. The third kappa shape index (κ3) is 674. The van der Waals surface area contributed by atoms with E-state index in [2.05, 4.69) is 0 Å². The summed E-state index contributed by atoms with van der Waals surface area (Å²) in [6.45, 7) is 0.188. The van der Waals surface area contributed by atoms with E-state index in [0.717, 1.165) is 0 Å². The Kier molecular flexibility index (Phi) is 13.7. The number of rotatable bonds is 2. The molecule has 15 heavy (non-hydrogen) atoms. The van der Waals surface area contributed by atoms with Crippen molar-refractivity contribution in [3.8, 4) is 0 Å². The Morgan fingerprint density at radius 2 is 0.800 bits per heavy atom. The number of aliphatic hydroxyl groups excluding tert-OH is 2. The lowest BCUT2D eigenvalue weighted by molar-refractivity contribution is 0.221. The maximum Gasteiger partial charge on any atom is 0.394 e. The average Bonchev–Trinajstić information content (AvgIpc) is 1.80. The Balaban J connectivity index is -0.000000144. The maximum atomic E-state index is 8.74. The van der Waals surface area contributed by atoms with Crippen LogP contribution in [0.25, 0.3) is 0 Å². The summed E-state index contributed by atoms with van der Waals surface area (Å²) in [6, 6.07) is 0. The summed E-state index contributed by atoms with van der Waals surface area (Å²) < 4.78 is 63.2. The van der Waals surface area contributed by atoms with Gasteiger partial charge in [-0.15, -0.1) is 0 Å². The zero-order chi connectivity index (χ0) is 13.1. The molecule has 10 nitrogen and oxygen atoms in total. The van der Waals surface area contributed by atoms with Crippen LogP contribution in [0.4, 0.5) is 0 Å². The SMILES string of the molecule is O=S(=O)(O)O.O=S(=O)(O)O.OCCCO. The van der Waals surface area contributed by atoms with E-state index in [1.54, 1.807) is 0 Å². The van der Waals surface area contributed by atoms with E-state index in [9.17, 15) is 0 Å². The predicted octanol–water partition coefficient (Wildman–Crippen LogP) is -1.94. The molecule has 0 unspecified atom stereocenters. The van der Waals surface area contributed by atoms with Gasteiger partial charge in [-0.3, -0.25) is 18.2 Å². The minimum atomic E-state index is -4.67. The van der Waals surface area contributed by atoms with Gasteiger partial charge in [0.2, 0.25) is 0 Å². The smallest absolute Gasteiger partial charge is 0.394 e. The standard InChI is InChI=1S/C3H8O2.2H2O4S/c4-2-1-3-5;2*1-5(2,3)4/h4-5H,1-3H2;2*(H2,1,2,3,4). The molecule has 12 heteroatoms. The first-order chi connectivity index (χ1) is 6.41. The summed E-state index contributed by atoms with van der Waals surface area (Å²) in [5, 5.41) is 15.8. The highest BCUT2D eigenvalue weighted by molar-refractivity contribution is 7.80. The fraction of sp³-hybridized carbons (Fsp3) is 1.00. The lowest BCUT2D eigenvalue weighted by Gasteiger charge is -1.79. The average molecular weight is 272 g/mol. The van der Waals surface area contributed by atoms with Crippen molar-refractivity contribution in [3.63, 3.8) is 0 Å². The molecule has 0 rings (SSSR count). The van der Waals surface area contributed by atoms with Crippen LogP contribution in [0, 0.1) is 0 Å². The second-order valence-corrected chi connectivity index (χ2v) is 3.49. The third-order valence-corrected chi connectivity index (χ3v) is 0.316. The van der Waals surface area contributed by atoms with Crippen molar-refractivity contribution in [2.24, 2.45) is 0 Å². The molecule has 0 fully saturated rings. The number of hydrogen-bond acceptors (Lipinski definition) is 6. The van der Waals surface area contributed by atoms with Crippen LogP contribution in [-0.4, -0.2) is 58.5 Å². The van der Waals surface area contributed by atoms with Crippen LogP contribution in [0.15, 0.2) is 0 Å². The molecular formula is C3H12O10S2. The van der Waals surface area contributed by atoms with Crippen LogP contribution in [0.5, 0.6) is 0 Å². The molecule has 96 valence electrons. The quantitative estimate of drug-likeness (QED) is 0.308. The molecule has 0 atom stereocenters. The molecule has 0 heterocycles. The lowest BCUT2D eigenvalue weighted by Crippen LogP contribution is -1.89. The van der Waals surface area contributed by atoms with E-state index in [1.807, 2.05) is 0 Å². The molecule has 0 aliphatic carbocycles. The van der Waals surface area contributed by atoms with Crippen molar-refractivity contribution in [2.45, 2.75) is 6.42 Å². The molecule has 0 bridgehead atoms. The first-order valence-corrected chi connectivity index (χ1v) is 5.82. The first kappa shape index (κ1) is 20.1. The minimum absolute atomic E-state index is 0.0938. The van der Waals surface area contributed by atoms with Crippen molar-refractivity contribution in [3.05, 3.63) is 0 Å². The van der Waals surface area contributed by atoms with Crippen LogP contribution in [0.2, 0.25) is 0 Å². The topological polar surface area (TPSA) is 190 Å². The summed E-state index contributed by atoms with van der Waals surface area (Å²) in [6.07, 6.45) is 0.500. The van der Waals surface area contributed by atoms with Gasteiger partial charge in [0.05, 0.1) is 0 Å². The highest BCUT2D eigenvalue weighted by atomic mass is 32.3. The molecule has 0 saturated heterocycles. The van der Waals surface area contributed by atoms with Crippen LogP contribution >= 0.6 is 0 Å². The monoisotopic (exact) mass is 272 g/mol. The normalized spacial score (nSPS) is 10.5. The fourth-order valence-corrected chi connectivity index (χ4v) is 0.0707.